The highest BCUT2D eigenvalue weighted by Gasteiger charge is 2.77. The first kappa shape index (κ1) is 26.7. The molecule has 10 heteroatoms. The van der Waals surface area contributed by atoms with Crippen molar-refractivity contribution < 1.29 is 38.2 Å². The minimum absolute atomic E-state index is 0.0823. The summed E-state index contributed by atoms with van der Waals surface area (Å²) >= 11 is 0. The molecule has 0 N–H and O–H groups in total. The first-order valence-corrected chi connectivity index (χ1v) is 13.5. The Morgan fingerprint density at radius 3 is 1.61 bits per heavy atom. The fraction of sp³-hybridized carbons (Fsp3) is 0.387. The third-order valence-corrected chi connectivity index (χ3v) is 9.33. The Labute approximate surface area is 236 Å². The summed E-state index contributed by atoms with van der Waals surface area (Å²) in [6.45, 7) is 5.11. The van der Waals surface area contributed by atoms with E-state index in [1.54, 1.807) is 69.3 Å². The molecule has 212 valence electrons. The SMILES string of the molecule is CCOC(=O)C1=C(C)C2[C@H]3C(=O)N(c4ccccc4OC)C(=O)[C@H]3C1(C)[C@H]1C(=O)N(c3ccccc3OC)C(=O)[C@@H]21. The van der Waals surface area contributed by atoms with Gasteiger partial charge in [0.1, 0.15) is 11.5 Å². The molecule has 41 heavy (non-hydrogen) atoms. The van der Waals surface area contributed by atoms with Crippen molar-refractivity contribution in [1.29, 1.82) is 0 Å². The van der Waals surface area contributed by atoms with Crippen LogP contribution in [-0.2, 0) is 28.7 Å². The molecule has 5 aliphatic rings. The van der Waals surface area contributed by atoms with E-state index < -0.39 is 64.6 Å². The molecule has 10 nitrogen and oxygen atoms in total. The third kappa shape index (κ3) is 3.27. The molecule has 2 bridgehead atoms. The summed E-state index contributed by atoms with van der Waals surface area (Å²) in [5, 5.41) is 0. The van der Waals surface area contributed by atoms with E-state index in [0.29, 0.717) is 17.1 Å². The van der Waals surface area contributed by atoms with Crippen LogP contribution in [-0.4, -0.2) is 50.4 Å². The summed E-state index contributed by atoms with van der Waals surface area (Å²) in [6, 6.07) is 13.4. The molecule has 2 saturated heterocycles. The highest BCUT2D eigenvalue weighted by Crippen LogP contribution is 2.69. The number of para-hydroxylation sites is 4. The molecule has 6 atom stereocenters. The quantitative estimate of drug-likeness (QED) is 0.392. The van der Waals surface area contributed by atoms with Crippen LogP contribution in [0.3, 0.4) is 0 Å². The lowest BCUT2D eigenvalue weighted by atomic mass is 9.43. The zero-order valence-corrected chi connectivity index (χ0v) is 23.4. The molecule has 7 rings (SSSR count). The number of methoxy groups -OCH3 is 2. The van der Waals surface area contributed by atoms with Crippen molar-refractivity contribution in [3.05, 3.63) is 59.7 Å². The van der Waals surface area contributed by atoms with Gasteiger partial charge in [-0.25, -0.2) is 14.6 Å². The number of rotatable bonds is 6. The van der Waals surface area contributed by atoms with Crippen molar-refractivity contribution in [1.82, 2.24) is 0 Å². The van der Waals surface area contributed by atoms with Crippen LogP contribution in [0.4, 0.5) is 11.4 Å². The number of carbonyl (C=O) groups is 5. The van der Waals surface area contributed by atoms with E-state index in [0.717, 1.165) is 9.80 Å². The van der Waals surface area contributed by atoms with Crippen LogP contribution < -0.4 is 19.3 Å². The summed E-state index contributed by atoms with van der Waals surface area (Å²) in [4.78, 5) is 72.8. The van der Waals surface area contributed by atoms with E-state index in [2.05, 4.69) is 0 Å². The van der Waals surface area contributed by atoms with Crippen molar-refractivity contribution in [3.63, 3.8) is 0 Å². The lowest BCUT2D eigenvalue weighted by Crippen LogP contribution is -2.61. The summed E-state index contributed by atoms with van der Waals surface area (Å²) in [7, 11) is 2.89. The summed E-state index contributed by atoms with van der Waals surface area (Å²) in [6.07, 6.45) is 0. The Hall–Kier alpha value is -4.47. The first-order chi connectivity index (χ1) is 19.6. The van der Waals surface area contributed by atoms with E-state index in [1.165, 1.54) is 14.2 Å². The molecule has 0 radical (unpaired) electrons. The van der Waals surface area contributed by atoms with Gasteiger partial charge < -0.3 is 14.2 Å². The molecule has 0 spiro atoms. The fourth-order valence-corrected chi connectivity index (χ4v) is 7.91. The Morgan fingerprint density at radius 1 is 0.756 bits per heavy atom. The summed E-state index contributed by atoms with van der Waals surface area (Å²) in [5.74, 6) is -6.95. The molecule has 4 amide bonds. The maximum Gasteiger partial charge on any atom is 0.334 e. The van der Waals surface area contributed by atoms with Crippen LogP contribution in [0.15, 0.2) is 59.7 Å². The van der Waals surface area contributed by atoms with Crippen LogP contribution in [0.25, 0.3) is 0 Å². The van der Waals surface area contributed by atoms with Crippen molar-refractivity contribution in [2.45, 2.75) is 20.8 Å². The number of amides is 4. The molecular formula is C31H30N2O8. The van der Waals surface area contributed by atoms with Gasteiger partial charge in [-0.05, 0) is 38.1 Å². The number of carbonyl (C=O) groups excluding carboxylic acids is 5. The molecule has 2 aromatic carbocycles. The summed E-state index contributed by atoms with van der Waals surface area (Å²) < 4.78 is 16.3. The van der Waals surface area contributed by atoms with Crippen molar-refractivity contribution in [2.75, 3.05) is 30.6 Å². The van der Waals surface area contributed by atoms with E-state index in [4.69, 9.17) is 14.2 Å². The molecule has 2 aliphatic heterocycles. The van der Waals surface area contributed by atoms with E-state index in [1.807, 2.05) is 0 Å². The lowest BCUT2D eigenvalue weighted by molar-refractivity contribution is -0.155. The van der Waals surface area contributed by atoms with Gasteiger partial charge >= 0.3 is 5.97 Å². The summed E-state index contributed by atoms with van der Waals surface area (Å²) in [5.41, 5.74) is -0.252. The Bertz CT molecular complexity index is 1470. The van der Waals surface area contributed by atoms with E-state index >= 15 is 0 Å². The number of imide groups is 2. The first-order valence-electron chi connectivity index (χ1n) is 13.5. The second-order valence-corrected chi connectivity index (χ2v) is 11.0. The predicted octanol–water partition coefficient (Wildman–Crippen LogP) is 3.14. The minimum atomic E-state index is -1.49. The topological polar surface area (TPSA) is 120 Å². The van der Waals surface area contributed by atoms with Gasteiger partial charge in [0.25, 0.3) is 0 Å². The van der Waals surface area contributed by atoms with Gasteiger partial charge in [0.2, 0.25) is 23.6 Å². The van der Waals surface area contributed by atoms with Crippen LogP contribution in [0.5, 0.6) is 11.5 Å². The number of hydrogen-bond donors (Lipinski definition) is 0. The number of esters is 1. The molecule has 3 fully saturated rings. The average Bonchev–Trinajstić information content (AvgIpc) is 3.39. The average molecular weight is 559 g/mol. The molecule has 2 unspecified atom stereocenters. The standard InChI is InChI=1S/C31H30N2O8/c1-6-41-30(38)23-15(2)20-21-24(28(36)32(26(21)34)16-11-7-9-13-18(16)39-4)31(23,3)25-22(20)27(35)33(29(25)37)17-12-8-10-14-19(17)40-5/h7-14,20-22,24-25H,6H2,1-5H3/t20?,21-,22+,24+,25-,31?. The number of ether oxygens (including phenoxy) is 3. The maximum atomic E-state index is 14.3. The lowest BCUT2D eigenvalue weighted by Gasteiger charge is -2.55. The number of anilines is 2. The highest BCUT2D eigenvalue weighted by molar-refractivity contribution is 6.28. The number of benzene rings is 2. The van der Waals surface area contributed by atoms with Crippen LogP contribution in [0.2, 0.25) is 0 Å². The van der Waals surface area contributed by atoms with Crippen molar-refractivity contribution in [2.24, 2.45) is 35.0 Å². The Morgan fingerprint density at radius 2 is 1.20 bits per heavy atom. The number of nitrogens with zero attached hydrogens (tertiary/aromatic N) is 2. The van der Waals surface area contributed by atoms with E-state index in [-0.39, 0.29) is 23.6 Å². The molecule has 2 aromatic rings. The Balaban J connectivity index is 1.56. The van der Waals surface area contributed by atoms with Gasteiger partial charge in [0.05, 0.1) is 55.9 Å². The molecule has 0 aromatic heterocycles. The second-order valence-electron chi connectivity index (χ2n) is 11.0. The normalized spacial score (nSPS) is 30.1. The zero-order valence-electron chi connectivity index (χ0n) is 23.4. The monoisotopic (exact) mass is 558 g/mol. The van der Waals surface area contributed by atoms with Crippen molar-refractivity contribution >= 4 is 41.0 Å². The van der Waals surface area contributed by atoms with E-state index in [9.17, 15) is 24.0 Å². The highest BCUT2D eigenvalue weighted by atomic mass is 16.5. The Kier molecular flexibility index (Phi) is 6.06. The minimum Gasteiger partial charge on any atom is -0.495 e. The van der Waals surface area contributed by atoms with Crippen LogP contribution in [0, 0.1) is 35.0 Å². The van der Waals surface area contributed by atoms with Gasteiger partial charge in [-0.3, -0.25) is 19.2 Å². The van der Waals surface area contributed by atoms with Gasteiger partial charge in [0.15, 0.2) is 0 Å². The maximum absolute atomic E-state index is 14.3. The molecular weight excluding hydrogens is 528 g/mol. The largest absolute Gasteiger partial charge is 0.495 e. The molecule has 2 heterocycles. The zero-order chi connectivity index (χ0) is 29.4. The molecule has 1 saturated carbocycles. The van der Waals surface area contributed by atoms with Gasteiger partial charge in [-0.15, -0.1) is 0 Å². The van der Waals surface area contributed by atoms with Gasteiger partial charge in [-0.1, -0.05) is 36.8 Å². The predicted molar refractivity (Wildman–Crippen MR) is 146 cm³/mol. The van der Waals surface area contributed by atoms with Gasteiger partial charge in [-0.2, -0.15) is 0 Å². The van der Waals surface area contributed by atoms with Gasteiger partial charge in [0, 0.05) is 16.9 Å². The molecule has 3 aliphatic carbocycles. The third-order valence-electron chi connectivity index (χ3n) is 9.33. The number of hydrogen-bond acceptors (Lipinski definition) is 8. The fourth-order valence-electron chi connectivity index (χ4n) is 7.91. The second kappa shape index (κ2) is 9.29. The van der Waals surface area contributed by atoms with Crippen LogP contribution >= 0.6 is 0 Å². The van der Waals surface area contributed by atoms with Crippen molar-refractivity contribution in [3.8, 4) is 11.5 Å². The smallest absolute Gasteiger partial charge is 0.334 e. The van der Waals surface area contributed by atoms with Crippen LogP contribution in [0.1, 0.15) is 20.8 Å². The number of allylic oxidation sites excluding steroid dienone is 1.